The van der Waals surface area contributed by atoms with E-state index in [1.165, 1.54) is 31.3 Å². The Bertz CT molecular complexity index is 1770. The SMILES string of the molecule is Fc1cc(OCCN2CCCC2)cc(-c2ccnc3[nH]c(-c4n[nH]c5ccc(-c6cncnc6)cc45)cc23)c1. The van der Waals surface area contributed by atoms with E-state index in [0.717, 1.165) is 69.6 Å². The molecule has 194 valence electrons. The second-order valence-electron chi connectivity index (χ2n) is 9.84. The highest BCUT2D eigenvalue weighted by Gasteiger charge is 2.16. The Morgan fingerprint density at radius 2 is 1.77 bits per heavy atom. The molecule has 8 nitrogen and oxygen atoms in total. The number of nitrogens with zero attached hydrogens (tertiary/aromatic N) is 5. The summed E-state index contributed by atoms with van der Waals surface area (Å²) in [5.41, 5.74) is 6.74. The molecule has 0 amide bonds. The second-order valence-corrected chi connectivity index (χ2v) is 9.84. The Morgan fingerprint density at radius 1 is 0.897 bits per heavy atom. The number of benzene rings is 2. The first kappa shape index (κ1) is 23.5. The van der Waals surface area contributed by atoms with E-state index in [1.54, 1.807) is 18.6 Å². The first-order valence-corrected chi connectivity index (χ1v) is 13.1. The van der Waals surface area contributed by atoms with Crippen LogP contribution in [0.1, 0.15) is 12.8 Å². The van der Waals surface area contributed by atoms with E-state index in [4.69, 9.17) is 4.74 Å². The molecule has 0 saturated carbocycles. The van der Waals surface area contributed by atoms with Gasteiger partial charge in [0, 0.05) is 47.5 Å². The lowest BCUT2D eigenvalue weighted by Gasteiger charge is -2.15. The second kappa shape index (κ2) is 9.92. The minimum atomic E-state index is -0.333. The number of likely N-dealkylation sites (tertiary alicyclic amines) is 1. The van der Waals surface area contributed by atoms with Crippen molar-refractivity contribution < 1.29 is 9.13 Å². The van der Waals surface area contributed by atoms with Crippen molar-refractivity contribution in [3.05, 3.63) is 79.3 Å². The summed E-state index contributed by atoms with van der Waals surface area (Å²) in [6.45, 7) is 3.60. The zero-order valence-corrected chi connectivity index (χ0v) is 21.2. The van der Waals surface area contributed by atoms with Crippen molar-refractivity contribution in [2.75, 3.05) is 26.2 Å². The minimum absolute atomic E-state index is 0.333. The van der Waals surface area contributed by atoms with Gasteiger partial charge in [0.05, 0.1) is 11.2 Å². The molecule has 4 aromatic heterocycles. The molecule has 1 fully saturated rings. The Balaban J connectivity index is 1.23. The maximum absolute atomic E-state index is 14.7. The quantitative estimate of drug-likeness (QED) is 0.275. The number of hydrogen-bond donors (Lipinski definition) is 2. The highest BCUT2D eigenvalue weighted by Crippen LogP contribution is 2.35. The summed E-state index contributed by atoms with van der Waals surface area (Å²) < 4.78 is 20.6. The zero-order chi connectivity index (χ0) is 26.2. The van der Waals surface area contributed by atoms with Crippen molar-refractivity contribution in [2.45, 2.75) is 12.8 Å². The fraction of sp³-hybridized carbons (Fsp3) is 0.200. The molecule has 0 spiro atoms. The number of hydrogen-bond acceptors (Lipinski definition) is 6. The zero-order valence-electron chi connectivity index (χ0n) is 21.2. The maximum Gasteiger partial charge on any atom is 0.138 e. The summed E-state index contributed by atoms with van der Waals surface area (Å²) in [7, 11) is 0. The van der Waals surface area contributed by atoms with Gasteiger partial charge in [-0.2, -0.15) is 5.10 Å². The Morgan fingerprint density at radius 3 is 2.64 bits per heavy atom. The molecule has 6 aromatic rings. The molecular formula is C30H26FN7O. The molecule has 9 heteroatoms. The standard InChI is InChI=1S/C30H26FN7O/c31-22-11-20(12-23(14-22)39-10-9-38-7-1-2-8-38)24-5-6-34-30-25(24)15-28(35-30)29-26-13-19(3-4-27(26)36-37-29)21-16-32-18-33-17-21/h3-6,11-18H,1-2,7-10H2,(H,34,35)(H,36,37). The van der Waals surface area contributed by atoms with Crippen LogP contribution < -0.4 is 4.74 Å². The van der Waals surface area contributed by atoms with Gasteiger partial charge in [0.1, 0.15) is 35.8 Å². The lowest BCUT2D eigenvalue weighted by atomic mass is 10.0. The topological polar surface area (TPSA) is 95.6 Å². The molecule has 2 N–H and O–H groups in total. The van der Waals surface area contributed by atoms with E-state index in [1.807, 2.05) is 30.3 Å². The van der Waals surface area contributed by atoms with Crippen molar-refractivity contribution in [2.24, 2.45) is 0 Å². The smallest absolute Gasteiger partial charge is 0.138 e. The van der Waals surface area contributed by atoms with Crippen LogP contribution in [0.5, 0.6) is 5.75 Å². The molecule has 5 heterocycles. The van der Waals surface area contributed by atoms with Gasteiger partial charge in [0.2, 0.25) is 0 Å². The number of pyridine rings is 1. The number of aromatic amines is 2. The average Bonchev–Trinajstić information content (AvgIpc) is 3.72. The van der Waals surface area contributed by atoms with Gasteiger partial charge >= 0.3 is 0 Å². The normalized spacial score (nSPS) is 14.0. The Kier molecular flexibility index (Phi) is 5.97. The third kappa shape index (κ3) is 4.61. The van der Waals surface area contributed by atoms with Crippen LogP contribution in [0.3, 0.4) is 0 Å². The van der Waals surface area contributed by atoms with Crippen molar-refractivity contribution in [3.63, 3.8) is 0 Å². The van der Waals surface area contributed by atoms with E-state index in [2.05, 4.69) is 41.1 Å². The summed E-state index contributed by atoms with van der Waals surface area (Å²) in [5.74, 6) is 0.195. The molecule has 2 aromatic carbocycles. The van der Waals surface area contributed by atoms with Gasteiger partial charge < -0.3 is 9.72 Å². The molecule has 0 atom stereocenters. The molecule has 1 aliphatic heterocycles. The van der Waals surface area contributed by atoms with Crippen molar-refractivity contribution in [1.29, 1.82) is 0 Å². The van der Waals surface area contributed by atoms with Crippen molar-refractivity contribution >= 4 is 21.9 Å². The highest BCUT2D eigenvalue weighted by molar-refractivity contribution is 6.00. The number of rotatable bonds is 7. The number of halogens is 1. The third-order valence-corrected chi connectivity index (χ3v) is 7.30. The minimum Gasteiger partial charge on any atom is -0.492 e. The molecule has 1 saturated heterocycles. The maximum atomic E-state index is 14.7. The summed E-state index contributed by atoms with van der Waals surface area (Å²) in [4.78, 5) is 18.6. The molecule has 39 heavy (non-hydrogen) atoms. The number of ether oxygens (including phenoxy) is 1. The van der Waals surface area contributed by atoms with Gasteiger partial charge in [0.15, 0.2) is 0 Å². The summed E-state index contributed by atoms with van der Waals surface area (Å²) in [5, 5.41) is 9.55. The lowest BCUT2D eigenvalue weighted by molar-refractivity contribution is 0.237. The van der Waals surface area contributed by atoms with Crippen LogP contribution in [-0.2, 0) is 0 Å². The van der Waals surface area contributed by atoms with Gasteiger partial charge in [-0.25, -0.2) is 19.3 Å². The third-order valence-electron chi connectivity index (χ3n) is 7.30. The van der Waals surface area contributed by atoms with Crippen molar-refractivity contribution in [3.8, 4) is 39.4 Å². The molecule has 0 bridgehead atoms. The van der Waals surface area contributed by atoms with Crippen LogP contribution >= 0.6 is 0 Å². The average molecular weight is 520 g/mol. The summed E-state index contributed by atoms with van der Waals surface area (Å²) in [6, 6.07) is 14.9. The van der Waals surface area contributed by atoms with Gasteiger partial charge in [-0.05, 0) is 79.0 Å². The molecular weight excluding hydrogens is 493 g/mol. The van der Waals surface area contributed by atoms with Crippen molar-refractivity contribution in [1.82, 2.24) is 35.0 Å². The molecule has 7 rings (SSSR count). The van der Waals surface area contributed by atoms with E-state index in [9.17, 15) is 4.39 Å². The number of aromatic nitrogens is 6. The van der Waals surface area contributed by atoms with E-state index in [-0.39, 0.29) is 5.82 Å². The molecule has 0 aliphatic carbocycles. The van der Waals surface area contributed by atoms with E-state index < -0.39 is 0 Å². The highest BCUT2D eigenvalue weighted by atomic mass is 19.1. The summed E-state index contributed by atoms with van der Waals surface area (Å²) in [6.07, 6.45) is 9.29. The van der Waals surface area contributed by atoms with Gasteiger partial charge in [0.25, 0.3) is 0 Å². The number of fused-ring (bicyclic) bond motifs is 2. The fourth-order valence-corrected chi connectivity index (χ4v) is 5.35. The van der Waals surface area contributed by atoms with E-state index >= 15 is 0 Å². The van der Waals surface area contributed by atoms with Crippen LogP contribution in [0.25, 0.3) is 55.6 Å². The van der Waals surface area contributed by atoms with Crippen LogP contribution in [-0.4, -0.2) is 61.3 Å². The van der Waals surface area contributed by atoms with E-state index in [0.29, 0.717) is 18.0 Å². The van der Waals surface area contributed by atoms with Gasteiger partial charge in [-0.15, -0.1) is 0 Å². The predicted octanol–water partition coefficient (Wildman–Crippen LogP) is 5.84. The predicted molar refractivity (Wildman–Crippen MR) is 149 cm³/mol. The first-order chi connectivity index (χ1) is 19.2. The number of nitrogens with one attached hydrogen (secondary N) is 2. The van der Waals surface area contributed by atoms with Crippen LogP contribution in [0.2, 0.25) is 0 Å². The number of H-pyrrole nitrogens is 2. The molecule has 0 unspecified atom stereocenters. The Hall–Kier alpha value is -4.63. The lowest BCUT2D eigenvalue weighted by Crippen LogP contribution is -2.25. The fourth-order valence-electron chi connectivity index (χ4n) is 5.35. The van der Waals surface area contributed by atoms with Crippen LogP contribution in [0.4, 0.5) is 4.39 Å². The van der Waals surface area contributed by atoms with Crippen LogP contribution in [0.15, 0.2) is 73.4 Å². The molecule has 0 radical (unpaired) electrons. The monoisotopic (exact) mass is 519 g/mol. The van der Waals surface area contributed by atoms with Gasteiger partial charge in [-0.1, -0.05) is 6.07 Å². The van der Waals surface area contributed by atoms with Gasteiger partial charge in [-0.3, -0.25) is 10.00 Å². The largest absolute Gasteiger partial charge is 0.492 e. The Labute approximate surface area is 223 Å². The summed E-state index contributed by atoms with van der Waals surface area (Å²) >= 11 is 0. The first-order valence-electron chi connectivity index (χ1n) is 13.1. The van der Waals surface area contributed by atoms with Crippen LogP contribution in [0, 0.1) is 5.82 Å². The molecule has 1 aliphatic rings.